The molecule has 0 aromatic heterocycles. The van der Waals surface area contributed by atoms with Gasteiger partial charge in [0.2, 0.25) is 5.60 Å². The second-order valence-corrected chi connectivity index (χ2v) is 7.62. The van der Waals surface area contributed by atoms with Crippen LogP contribution in [0.2, 0.25) is 0 Å². The van der Waals surface area contributed by atoms with E-state index >= 15 is 0 Å². The summed E-state index contributed by atoms with van der Waals surface area (Å²) in [4.78, 5) is 22.5. The van der Waals surface area contributed by atoms with E-state index in [1.807, 2.05) is 0 Å². The number of carbonyl (C=O) groups excluding carboxylic acids is 1. The van der Waals surface area contributed by atoms with Gasteiger partial charge in [-0.25, -0.2) is 4.79 Å². The van der Waals surface area contributed by atoms with E-state index < -0.39 is 17.5 Å². The summed E-state index contributed by atoms with van der Waals surface area (Å²) in [6.07, 6.45) is 20.6. The van der Waals surface area contributed by atoms with Gasteiger partial charge in [0.05, 0.1) is 0 Å². The Labute approximate surface area is 160 Å². The van der Waals surface area contributed by atoms with Crippen LogP contribution in [0.15, 0.2) is 12.2 Å². The number of carboxylic acids is 1. The van der Waals surface area contributed by atoms with E-state index in [2.05, 4.69) is 19.1 Å². The fourth-order valence-corrected chi connectivity index (χ4v) is 2.72. The minimum atomic E-state index is -1.43. The molecule has 4 nitrogen and oxygen atoms in total. The number of carboxylic acid groups (broad SMARTS) is 1. The zero-order valence-corrected chi connectivity index (χ0v) is 17.2. The number of allylic oxidation sites excluding steroid dienone is 2. The van der Waals surface area contributed by atoms with Crippen LogP contribution in [0.5, 0.6) is 0 Å². The SMILES string of the molecule is CCCCCCCC/C=C\CCCCCCCC(=O)OC(C)(C)C(=O)O. The number of rotatable bonds is 17. The Bertz CT molecular complexity index is 399. The van der Waals surface area contributed by atoms with Crippen molar-refractivity contribution in [1.82, 2.24) is 0 Å². The number of aliphatic carboxylic acids is 1. The summed E-state index contributed by atoms with van der Waals surface area (Å²) in [6.45, 7) is 5.04. The van der Waals surface area contributed by atoms with Crippen LogP contribution < -0.4 is 0 Å². The van der Waals surface area contributed by atoms with Crippen LogP contribution in [0.4, 0.5) is 0 Å². The second kappa shape index (κ2) is 15.9. The highest BCUT2D eigenvalue weighted by molar-refractivity contribution is 5.81. The molecule has 0 radical (unpaired) electrons. The molecule has 152 valence electrons. The molecule has 1 N–H and O–H groups in total. The van der Waals surface area contributed by atoms with E-state index in [4.69, 9.17) is 9.84 Å². The predicted molar refractivity (Wildman–Crippen MR) is 107 cm³/mol. The number of unbranched alkanes of at least 4 members (excludes halogenated alkanes) is 11. The summed E-state index contributed by atoms with van der Waals surface area (Å²) in [5.41, 5.74) is -1.43. The Balaban J connectivity index is 3.39. The van der Waals surface area contributed by atoms with Gasteiger partial charge in [0.25, 0.3) is 0 Å². The average Bonchev–Trinajstić information content (AvgIpc) is 2.57. The molecule has 0 amide bonds. The molecule has 0 fully saturated rings. The Morgan fingerprint density at radius 3 is 1.77 bits per heavy atom. The molecule has 0 saturated heterocycles. The molecule has 0 aliphatic rings. The smallest absolute Gasteiger partial charge is 0.347 e. The summed E-state index contributed by atoms with van der Waals surface area (Å²) >= 11 is 0. The molecule has 0 spiro atoms. The van der Waals surface area contributed by atoms with Crippen LogP contribution in [0.1, 0.15) is 111 Å². The monoisotopic (exact) mass is 368 g/mol. The zero-order valence-electron chi connectivity index (χ0n) is 17.2. The van der Waals surface area contributed by atoms with Gasteiger partial charge < -0.3 is 9.84 Å². The van der Waals surface area contributed by atoms with Gasteiger partial charge in [0, 0.05) is 6.42 Å². The molecule has 0 rings (SSSR count). The maximum Gasteiger partial charge on any atom is 0.347 e. The topological polar surface area (TPSA) is 63.6 Å². The van der Waals surface area contributed by atoms with E-state index in [-0.39, 0.29) is 0 Å². The maximum absolute atomic E-state index is 11.6. The highest BCUT2D eigenvalue weighted by atomic mass is 16.6. The summed E-state index contributed by atoms with van der Waals surface area (Å²) in [5, 5.41) is 8.91. The van der Waals surface area contributed by atoms with Crippen molar-refractivity contribution in [3.05, 3.63) is 12.2 Å². The van der Waals surface area contributed by atoms with E-state index in [0.29, 0.717) is 6.42 Å². The largest absolute Gasteiger partial charge is 0.478 e. The summed E-state index contributed by atoms with van der Waals surface area (Å²) in [6, 6.07) is 0. The number of ether oxygens (including phenoxy) is 1. The van der Waals surface area contributed by atoms with Crippen molar-refractivity contribution in [3.63, 3.8) is 0 Å². The van der Waals surface area contributed by atoms with Crippen molar-refractivity contribution in [1.29, 1.82) is 0 Å². The van der Waals surface area contributed by atoms with Gasteiger partial charge >= 0.3 is 11.9 Å². The van der Waals surface area contributed by atoms with Crippen LogP contribution in [0.25, 0.3) is 0 Å². The second-order valence-electron chi connectivity index (χ2n) is 7.62. The van der Waals surface area contributed by atoms with E-state index in [1.165, 1.54) is 71.6 Å². The highest BCUT2D eigenvalue weighted by Gasteiger charge is 2.31. The quantitative estimate of drug-likeness (QED) is 0.182. The van der Waals surface area contributed by atoms with E-state index in [9.17, 15) is 9.59 Å². The molecule has 0 aromatic carbocycles. The maximum atomic E-state index is 11.6. The van der Waals surface area contributed by atoms with Crippen LogP contribution in [0, 0.1) is 0 Å². The first-order valence-electron chi connectivity index (χ1n) is 10.5. The van der Waals surface area contributed by atoms with Crippen LogP contribution >= 0.6 is 0 Å². The number of hydrogen-bond acceptors (Lipinski definition) is 3. The van der Waals surface area contributed by atoms with Crippen molar-refractivity contribution in [3.8, 4) is 0 Å². The van der Waals surface area contributed by atoms with Gasteiger partial charge in [-0.1, -0.05) is 70.4 Å². The van der Waals surface area contributed by atoms with Crippen LogP contribution in [0.3, 0.4) is 0 Å². The van der Waals surface area contributed by atoms with Crippen molar-refractivity contribution in [2.45, 2.75) is 116 Å². The highest BCUT2D eigenvalue weighted by Crippen LogP contribution is 2.13. The molecule has 0 unspecified atom stereocenters. The lowest BCUT2D eigenvalue weighted by molar-refractivity contribution is -0.174. The van der Waals surface area contributed by atoms with E-state index in [1.54, 1.807) is 0 Å². The van der Waals surface area contributed by atoms with Crippen molar-refractivity contribution < 1.29 is 19.4 Å². The number of carbonyl (C=O) groups is 2. The molecule has 0 aromatic rings. The first kappa shape index (κ1) is 24.7. The third-order valence-corrected chi connectivity index (χ3v) is 4.53. The Hall–Kier alpha value is -1.32. The minimum Gasteiger partial charge on any atom is -0.478 e. The normalized spacial score (nSPS) is 11.8. The predicted octanol–water partition coefficient (Wildman–Crippen LogP) is 6.43. The van der Waals surface area contributed by atoms with Crippen molar-refractivity contribution in [2.24, 2.45) is 0 Å². The molecule has 0 aliphatic carbocycles. The van der Waals surface area contributed by atoms with Crippen LogP contribution in [-0.2, 0) is 14.3 Å². The fraction of sp³-hybridized carbons (Fsp3) is 0.818. The molecule has 26 heavy (non-hydrogen) atoms. The molecular formula is C22H40O4. The van der Waals surface area contributed by atoms with Gasteiger partial charge in [-0.15, -0.1) is 0 Å². The van der Waals surface area contributed by atoms with E-state index in [0.717, 1.165) is 25.7 Å². The molecular weight excluding hydrogens is 328 g/mol. The Morgan fingerprint density at radius 1 is 0.808 bits per heavy atom. The number of esters is 1. The van der Waals surface area contributed by atoms with Crippen LogP contribution in [-0.4, -0.2) is 22.6 Å². The molecule has 0 heterocycles. The van der Waals surface area contributed by atoms with Gasteiger partial charge in [-0.2, -0.15) is 0 Å². The lowest BCUT2D eigenvalue weighted by Gasteiger charge is -2.19. The van der Waals surface area contributed by atoms with Gasteiger partial charge in [0.15, 0.2) is 0 Å². The fourth-order valence-electron chi connectivity index (χ4n) is 2.72. The van der Waals surface area contributed by atoms with Crippen molar-refractivity contribution >= 4 is 11.9 Å². The van der Waals surface area contributed by atoms with Gasteiger partial charge in [-0.3, -0.25) is 4.79 Å². The first-order valence-corrected chi connectivity index (χ1v) is 10.5. The third kappa shape index (κ3) is 15.0. The van der Waals surface area contributed by atoms with Gasteiger partial charge in [0.1, 0.15) is 0 Å². The summed E-state index contributed by atoms with van der Waals surface area (Å²) in [5.74, 6) is -1.54. The molecule has 0 atom stereocenters. The zero-order chi connectivity index (χ0) is 19.7. The lowest BCUT2D eigenvalue weighted by atomic mass is 10.1. The standard InChI is InChI=1S/C22H40O4/c1-4-5-6-7-8-9-10-11-12-13-14-15-16-17-18-19-20(23)26-22(2,3)21(24)25/h11-12H,4-10,13-19H2,1-3H3,(H,24,25)/b12-11-. The Kier molecular flexibility index (Phi) is 15.1. The van der Waals surface area contributed by atoms with Gasteiger partial charge in [-0.05, 0) is 46.0 Å². The average molecular weight is 369 g/mol. The molecule has 4 heteroatoms. The third-order valence-electron chi connectivity index (χ3n) is 4.53. The minimum absolute atomic E-state index is 0.300. The Morgan fingerprint density at radius 2 is 1.27 bits per heavy atom. The molecule has 0 saturated carbocycles. The lowest BCUT2D eigenvalue weighted by Crippen LogP contribution is -2.36. The summed E-state index contributed by atoms with van der Waals surface area (Å²) < 4.78 is 4.97. The first-order chi connectivity index (χ1) is 12.4. The molecule has 0 aliphatic heterocycles. The summed E-state index contributed by atoms with van der Waals surface area (Å²) in [7, 11) is 0. The van der Waals surface area contributed by atoms with Crippen molar-refractivity contribution in [2.75, 3.05) is 0 Å². The molecule has 0 bridgehead atoms. The number of hydrogen-bond donors (Lipinski definition) is 1.